The number of hydrogen-bond donors (Lipinski definition) is 2. The molecule has 0 aliphatic rings. The Kier molecular flexibility index (Phi) is 6.82. The van der Waals surface area contributed by atoms with Crippen molar-refractivity contribution in [1.82, 2.24) is 30.4 Å². The second-order valence-electron chi connectivity index (χ2n) is 3.95. The summed E-state index contributed by atoms with van der Waals surface area (Å²) in [4.78, 5) is 22.3. The number of nitrogen functional groups attached to an aromatic ring is 2. The minimum absolute atomic E-state index is 0.0497. The molecule has 2 rings (SSSR count). The van der Waals surface area contributed by atoms with Crippen LogP contribution in [0, 0.1) is 0 Å². The molecule has 0 aliphatic heterocycles. The van der Waals surface area contributed by atoms with Crippen molar-refractivity contribution in [1.29, 1.82) is 0 Å². The average Bonchev–Trinajstić information content (AvgIpc) is 2.48. The second-order valence-corrected chi connectivity index (χ2v) is 3.95. The van der Waals surface area contributed by atoms with Gasteiger partial charge in [0, 0.05) is 12.0 Å². The summed E-state index contributed by atoms with van der Waals surface area (Å²) >= 11 is 0. The number of carbonyl (C=O) groups is 1. The molecular formula is C12H16N8O2. The molecule has 2 heterocycles. The molecule has 4 N–H and O–H groups in total. The Bertz CT molecular complexity index is 573. The van der Waals surface area contributed by atoms with Gasteiger partial charge in [-0.3, -0.25) is 0 Å². The Labute approximate surface area is 126 Å². The quantitative estimate of drug-likeness (QED) is 0.561. The molecule has 0 aromatic carbocycles. The fourth-order valence-electron chi connectivity index (χ4n) is 1.13. The van der Waals surface area contributed by atoms with Gasteiger partial charge in [-0.2, -0.15) is 15.0 Å². The minimum Gasteiger partial charge on any atom is -0.462 e. The van der Waals surface area contributed by atoms with Gasteiger partial charge in [-0.15, -0.1) is 10.2 Å². The van der Waals surface area contributed by atoms with Crippen molar-refractivity contribution in [3.05, 3.63) is 36.4 Å². The summed E-state index contributed by atoms with van der Waals surface area (Å²) in [7, 11) is 0. The van der Waals surface area contributed by atoms with Crippen molar-refractivity contribution < 1.29 is 9.53 Å². The Balaban J connectivity index is 0.000000335. The molecule has 0 amide bonds. The van der Waals surface area contributed by atoms with Gasteiger partial charge in [0.1, 0.15) is 5.82 Å². The van der Waals surface area contributed by atoms with Gasteiger partial charge in [-0.25, -0.2) is 4.79 Å². The Morgan fingerprint density at radius 1 is 1.18 bits per heavy atom. The minimum atomic E-state index is -0.449. The first-order valence-corrected chi connectivity index (χ1v) is 6.16. The van der Waals surface area contributed by atoms with Crippen LogP contribution in [-0.4, -0.2) is 42.9 Å². The van der Waals surface area contributed by atoms with E-state index in [1.165, 1.54) is 0 Å². The molecule has 0 radical (unpaired) electrons. The van der Waals surface area contributed by atoms with Crippen molar-refractivity contribution in [3.63, 3.8) is 0 Å². The molecule has 0 spiro atoms. The third-order valence-corrected chi connectivity index (χ3v) is 2.03. The summed E-state index contributed by atoms with van der Waals surface area (Å²) in [6, 6.07) is 1.72. The first-order chi connectivity index (χ1) is 10.5. The SMILES string of the molecule is C=C(C)C(=O)OCCc1nc(N)nc(N)n1.c1cnnnc1. The van der Waals surface area contributed by atoms with E-state index in [2.05, 4.69) is 36.9 Å². The highest BCUT2D eigenvalue weighted by molar-refractivity contribution is 5.86. The summed E-state index contributed by atoms with van der Waals surface area (Å²) in [5.74, 6) is 0.0389. The fraction of sp³-hybridized carbons (Fsp3) is 0.250. The number of hydrogen-bond acceptors (Lipinski definition) is 10. The topological polar surface area (TPSA) is 156 Å². The van der Waals surface area contributed by atoms with Crippen LogP contribution >= 0.6 is 0 Å². The molecule has 0 aliphatic carbocycles. The molecule has 2 aromatic heterocycles. The zero-order chi connectivity index (χ0) is 16.4. The summed E-state index contributed by atoms with van der Waals surface area (Å²) < 4.78 is 4.87. The number of nitrogens with zero attached hydrogens (tertiary/aromatic N) is 6. The first-order valence-electron chi connectivity index (χ1n) is 6.16. The van der Waals surface area contributed by atoms with E-state index in [4.69, 9.17) is 16.2 Å². The molecule has 10 heteroatoms. The van der Waals surface area contributed by atoms with Crippen molar-refractivity contribution in [3.8, 4) is 0 Å². The molecule has 10 nitrogen and oxygen atoms in total. The van der Waals surface area contributed by atoms with Gasteiger partial charge in [-0.05, 0) is 18.2 Å². The van der Waals surface area contributed by atoms with Gasteiger partial charge in [0.25, 0.3) is 0 Å². The summed E-state index contributed by atoms with van der Waals surface area (Å²) in [5.41, 5.74) is 11.1. The van der Waals surface area contributed by atoms with Crippen molar-refractivity contribution in [2.45, 2.75) is 13.3 Å². The van der Waals surface area contributed by atoms with Gasteiger partial charge in [-0.1, -0.05) is 6.58 Å². The molecule has 0 saturated heterocycles. The van der Waals surface area contributed by atoms with E-state index in [1.54, 1.807) is 25.4 Å². The second kappa shape index (κ2) is 8.89. The third kappa shape index (κ3) is 6.84. The third-order valence-electron chi connectivity index (χ3n) is 2.03. The van der Waals surface area contributed by atoms with Crippen LogP contribution in [-0.2, 0) is 16.0 Å². The maximum Gasteiger partial charge on any atom is 0.333 e. The van der Waals surface area contributed by atoms with Gasteiger partial charge < -0.3 is 16.2 Å². The summed E-state index contributed by atoms with van der Waals surface area (Å²) in [5, 5.41) is 10.1. The van der Waals surface area contributed by atoms with Crippen LogP contribution < -0.4 is 11.5 Å². The van der Waals surface area contributed by atoms with Crippen LogP contribution in [0.5, 0.6) is 0 Å². The van der Waals surface area contributed by atoms with Crippen molar-refractivity contribution in [2.24, 2.45) is 0 Å². The van der Waals surface area contributed by atoms with E-state index in [0.717, 1.165) is 0 Å². The molecule has 2 aromatic rings. The summed E-state index contributed by atoms with van der Waals surface area (Å²) in [6.45, 7) is 5.17. The Morgan fingerprint density at radius 2 is 1.77 bits per heavy atom. The number of rotatable bonds is 4. The number of anilines is 2. The lowest BCUT2D eigenvalue weighted by molar-refractivity contribution is -0.138. The Hall–Kier alpha value is -3.17. The van der Waals surface area contributed by atoms with Gasteiger partial charge in [0.15, 0.2) is 0 Å². The molecule has 0 atom stereocenters. The van der Waals surface area contributed by atoms with Crippen LogP contribution in [0.4, 0.5) is 11.9 Å². The highest BCUT2D eigenvalue weighted by atomic mass is 16.5. The molecule has 0 bridgehead atoms. The fourth-order valence-corrected chi connectivity index (χ4v) is 1.13. The maximum absolute atomic E-state index is 11.0. The monoisotopic (exact) mass is 304 g/mol. The van der Waals surface area contributed by atoms with Crippen LogP contribution in [0.2, 0.25) is 0 Å². The standard InChI is InChI=1S/C9H13N5O2.C3H3N3/c1-5(2)7(15)16-4-3-6-12-8(10)14-9(11)13-6;1-2-4-6-5-3-1/h1,3-4H2,2H3,(H4,10,11,12,13,14);1-3H. The van der Waals surface area contributed by atoms with Gasteiger partial charge in [0.05, 0.1) is 19.0 Å². The predicted octanol–water partition coefficient (Wildman–Crippen LogP) is -0.431. The van der Waals surface area contributed by atoms with Crippen molar-refractivity contribution >= 4 is 17.9 Å². The lowest BCUT2D eigenvalue weighted by Crippen LogP contribution is -2.12. The first kappa shape index (κ1) is 16.9. The smallest absolute Gasteiger partial charge is 0.333 e. The zero-order valence-electron chi connectivity index (χ0n) is 12.0. The van der Waals surface area contributed by atoms with E-state index >= 15 is 0 Å². The molecular weight excluding hydrogens is 288 g/mol. The number of esters is 1. The summed E-state index contributed by atoms with van der Waals surface area (Å²) in [6.07, 6.45) is 3.48. The lowest BCUT2D eigenvalue weighted by Gasteiger charge is -2.04. The van der Waals surface area contributed by atoms with E-state index in [-0.39, 0.29) is 18.5 Å². The highest BCUT2D eigenvalue weighted by Gasteiger charge is 2.05. The van der Waals surface area contributed by atoms with E-state index in [0.29, 0.717) is 17.8 Å². The average molecular weight is 304 g/mol. The molecule has 0 fully saturated rings. The molecule has 0 saturated carbocycles. The Morgan fingerprint density at radius 3 is 2.18 bits per heavy atom. The normalized spacial score (nSPS) is 9.32. The van der Waals surface area contributed by atoms with E-state index < -0.39 is 5.97 Å². The molecule has 22 heavy (non-hydrogen) atoms. The molecule has 116 valence electrons. The number of ether oxygens (including phenoxy) is 1. The number of aromatic nitrogens is 6. The van der Waals surface area contributed by atoms with Crippen LogP contribution in [0.3, 0.4) is 0 Å². The maximum atomic E-state index is 11.0. The van der Waals surface area contributed by atoms with Crippen molar-refractivity contribution in [2.75, 3.05) is 18.1 Å². The largest absolute Gasteiger partial charge is 0.462 e. The highest BCUT2D eigenvalue weighted by Crippen LogP contribution is 2.00. The van der Waals surface area contributed by atoms with Crippen LogP contribution in [0.1, 0.15) is 12.7 Å². The van der Waals surface area contributed by atoms with E-state index in [9.17, 15) is 4.79 Å². The predicted molar refractivity (Wildman–Crippen MR) is 78.0 cm³/mol. The molecule has 0 unspecified atom stereocenters. The zero-order valence-corrected chi connectivity index (χ0v) is 12.0. The van der Waals surface area contributed by atoms with Gasteiger partial charge in [0.2, 0.25) is 11.9 Å². The lowest BCUT2D eigenvalue weighted by atomic mass is 10.3. The van der Waals surface area contributed by atoms with E-state index in [1.807, 2.05) is 0 Å². The van der Waals surface area contributed by atoms with Crippen LogP contribution in [0.15, 0.2) is 30.6 Å². The van der Waals surface area contributed by atoms with Crippen LogP contribution in [0.25, 0.3) is 0 Å². The van der Waals surface area contributed by atoms with Gasteiger partial charge >= 0.3 is 5.97 Å². The number of nitrogens with two attached hydrogens (primary N) is 2. The number of carbonyl (C=O) groups excluding carboxylic acids is 1.